The van der Waals surface area contributed by atoms with Crippen molar-refractivity contribution in [2.24, 2.45) is 0 Å². The van der Waals surface area contributed by atoms with Crippen LogP contribution in [0.1, 0.15) is 220 Å². The summed E-state index contributed by atoms with van der Waals surface area (Å²) in [5.41, 5.74) is 0. The van der Waals surface area contributed by atoms with Crippen LogP contribution in [-0.2, 0) is 8.85 Å². The maximum absolute atomic E-state index is 6.42. The minimum atomic E-state index is -2.01. The van der Waals surface area contributed by atoms with E-state index in [-0.39, 0.29) is 0 Å². The molecule has 0 aliphatic rings. The van der Waals surface area contributed by atoms with Crippen LogP contribution in [0.25, 0.3) is 0 Å². The molecule has 41 heavy (non-hydrogen) atoms. The molecule has 0 radical (unpaired) electrons. The van der Waals surface area contributed by atoms with Gasteiger partial charge in [0.15, 0.2) is 0 Å². The van der Waals surface area contributed by atoms with E-state index in [0.717, 1.165) is 13.2 Å². The lowest BCUT2D eigenvalue weighted by molar-refractivity contribution is 0.180. The summed E-state index contributed by atoms with van der Waals surface area (Å²) in [6.07, 6.45) is 42.8. The van der Waals surface area contributed by atoms with Crippen molar-refractivity contribution in [3.8, 4) is 0 Å². The van der Waals surface area contributed by atoms with Gasteiger partial charge in [-0.05, 0) is 25.9 Å². The quantitative estimate of drug-likeness (QED) is 0.0529. The van der Waals surface area contributed by atoms with Crippen molar-refractivity contribution >= 4 is 8.56 Å². The Kier molecular flexibility index (Phi) is 34.7. The van der Waals surface area contributed by atoms with Gasteiger partial charge in [-0.1, -0.05) is 206 Å². The zero-order valence-corrected chi connectivity index (χ0v) is 30.4. The minimum absolute atomic E-state index is 0.823. The molecule has 0 atom stereocenters. The third-order valence-corrected chi connectivity index (χ3v) is 13.0. The second-order valence-electron chi connectivity index (χ2n) is 13.2. The van der Waals surface area contributed by atoms with Crippen LogP contribution in [0, 0.1) is 0 Å². The van der Waals surface area contributed by atoms with Crippen molar-refractivity contribution in [3.63, 3.8) is 0 Å². The maximum Gasteiger partial charge on any atom is 0.338 e. The van der Waals surface area contributed by atoms with E-state index >= 15 is 0 Å². The first kappa shape index (κ1) is 41.1. The van der Waals surface area contributed by atoms with Crippen molar-refractivity contribution in [2.45, 2.75) is 232 Å². The Labute approximate surface area is 262 Å². The van der Waals surface area contributed by atoms with Crippen LogP contribution >= 0.6 is 0 Å². The molecule has 0 aromatic heterocycles. The Bertz CT molecular complexity index is 463. The van der Waals surface area contributed by atoms with Crippen LogP contribution in [0.4, 0.5) is 0 Å². The molecule has 0 spiro atoms. The first-order chi connectivity index (χ1) is 20.2. The van der Waals surface area contributed by atoms with Crippen LogP contribution in [0.2, 0.25) is 12.1 Å². The van der Waals surface area contributed by atoms with Gasteiger partial charge in [0.25, 0.3) is 0 Å². The van der Waals surface area contributed by atoms with E-state index in [4.69, 9.17) is 8.85 Å². The molecule has 0 aromatic carbocycles. The molecule has 0 amide bonds. The lowest BCUT2D eigenvalue weighted by Crippen LogP contribution is -2.42. The fourth-order valence-corrected chi connectivity index (χ4v) is 10.1. The smallest absolute Gasteiger partial charge is 0.338 e. The molecular formula is C38H80O2Si. The highest BCUT2D eigenvalue weighted by molar-refractivity contribution is 6.67. The molecule has 0 saturated carbocycles. The largest absolute Gasteiger partial charge is 0.394 e. The van der Waals surface area contributed by atoms with Gasteiger partial charge >= 0.3 is 8.56 Å². The highest BCUT2D eigenvalue weighted by Gasteiger charge is 2.35. The van der Waals surface area contributed by atoms with E-state index in [2.05, 4.69) is 27.7 Å². The summed E-state index contributed by atoms with van der Waals surface area (Å²) in [4.78, 5) is 0. The standard InChI is InChI=1S/C38H80O2Si/c1-5-9-11-13-15-17-19-21-23-24-26-28-30-32-34-36-38-41(39-7-3,40-8-4)37-35-33-31-29-27-25-22-20-18-16-14-12-10-6-2/h5-38H2,1-4H3. The highest BCUT2D eigenvalue weighted by atomic mass is 28.4. The molecule has 0 aliphatic carbocycles. The van der Waals surface area contributed by atoms with Crippen molar-refractivity contribution in [3.05, 3.63) is 0 Å². The predicted molar refractivity (Wildman–Crippen MR) is 188 cm³/mol. The van der Waals surface area contributed by atoms with Gasteiger partial charge in [0.05, 0.1) is 0 Å². The number of hydrogen-bond acceptors (Lipinski definition) is 2. The van der Waals surface area contributed by atoms with E-state index in [9.17, 15) is 0 Å². The van der Waals surface area contributed by atoms with Crippen molar-refractivity contribution in [1.29, 1.82) is 0 Å². The molecule has 0 rings (SSSR count). The summed E-state index contributed by atoms with van der Waals surface area (Å²) >= 11 is 0. The topological polar surface area (TPSA) is 18.5 Å². The van der Waals surface area contributed by atoms with E-state index in [1.165, 1.54) is 205 Å². The van der Waals surface area contributed by atoms with E-state index in [1.807, 2.05) is 0 Å². The van der Waals surface area contributed by atoms with E-state index in [0.29, 0.717) is 0 Å². The predicted octanol–water partition coefficient (Wildman–Crippen LogP) is 14.2. The van der Waals surface area contributed by atoms with Crippen LogP contribution in [-0.4, -0.2) is 21.8 Å². The maximum atomic E-state index is 6.42. The fourth-order valence-electron chi connectivity index (χ4n) is 6.51. The van der Waals surface area contributed by atoms with Gasteiger partial charge in [-0.15, -0.1) is 0 Å². The van der Waals surface area contributed by atoms with Gasteiger partial charge in [0, 0.05) is 13.2 Å². The summed E-state index contributed by atoms with van der Waals surface area (Å²) in [6, 6.07) is 2.43. The second kappa shape index (κ2) is 34.6. The summed E-state index contributed by atoms with van der Waals surface area (Å²) in [5.74, 6) is 0. The van der Waals surface area contributed by atoms with Crippen LogP contribution in [0.5, 0.6) is 0 Å². The SMILES string of the molecule is CCCCCCCCCCCCCCCCCC[Si](CCCCCCCCCCCCCCCC)(OCC)OCC. The molecule has 0 unspecified atom stereocenters. The summed E-state index contributed by atoms with van der Waals surface area (Å²) in [5, 5.41) is 0. The average Bonchev–Trinajstić information content (AvgIpc) is 2.97. The molecule has 0 heterocycles. The summed E-state index contributed by atoms with van der Waals surface area (Å²) in [6.45, 7) is 10.6. The minimum Gasteiger partial charge on any atom is -0.394 e. The third-order valence-electron chi connectivity index (χ3n) is 9.14. The molecule has 0 aliphatic heterocycles. The Morgan fingerprint density at radius 1 is 0.268 bits per heavy atom. The molecule has 0 N–H and O–H groups in total. The first-order valence-electron chi connectivity index (χ1n) is 19.5. The number of rotatable bonds is 36. The molecule has 248 valence electrons. The van der Waals surface area contributed by atoms with Gasteiger partial charge in [0.2, 0.25) is 0 Å². The van der Waals surface area contributed by atoms with Crippen LogP contribution in [0.3, 0.4) is 0 Å². The molecule has 2 nitrogen and oxygen atoms in total. The third kappa shape index (κ3) is 30.0. The molecule has 0 saturated heterocycles. The Morgan fingerprint density at radius 3 is 0.659 bits per heavy atom. The fraction of sp³-hybridized carbons (Fsp3) is 1.00. The van der Waals surface area contributed by atoms with Crippen molar-refractivity contribution < 1.29 is 8.85 Å². The lowest BCUT2D eigenvalue weighted by Gasteiger charge is -2.30. The Balaban J connectivity index is 3.74. The summed E-state index contributed by atoms with van der Waals surface area (Å²) in [7, 11) is -2.01. The van der Waals surface area contributed by atoms with Gasteiger partial charge in [-0.3, -0.25) is 0 Å². The van der Waals surface area contributed by atoms with E-state index < -0.39 is 8.56 Å². The molecule has 3 heteroatoms. The normalized spacial score (nSPS) is 12.0. The van der Waals surface area contributed by atoms with Gasteiger partial charge < -0.3 is 8.85 Å². The average molecular weight is 597 g/mol. The van der Waals surface area contributed by atoms with Crippen molar-refractivity contribution in [1.82, 2.24) is 0 Å². The van der Waals surface area contributed by atoms with Crippen molar-refractivity contribution in [2.75, 3.05) is 13.2 Å². The number of unbranched alkanes of at least 4 members (excludes halogenated alkanes) is 28. The lowest BCUT2D eigenvalue weighted by atomic mass is 10.0. The van der Waals surface area contributed by atoms with Crippen LogP contribution < -0.4 is 0 Å². The first-order valence-corrected chi connectivity index (χ1v) is 21.8. The van der Waals surface area contributed by atoms with Gasteiger partial charge in [-0.25, -0.2) is 0 Å². The molecular weight excluding hydrogens is 517 g/mol. The molecule has 0 fully saturated rings. The molecule has 0 bridgehead atoms. The second-order valence-corrected chi connectivity index (χ2v) is 16.6. The molecule has 0 aromatic rings. The monoisotopic (exact) mass is 597 g/mol. The zero-order chi connectivity index (χ0) is 30.0. The highest BCUT2D eigenvalue weighted by Crippen LogP contribution is 2.27. The van der Waals surface area contributed by atoms with Crippen LogP contribution in [0.15, 0.2) is 0 Å². The zero-order valence-electron chi connectivity index (χ0n) is 29.4. The van der Waals surface area contributed by atoms with Gasteiger partial charge in [-0.2, -0.15) is 0 Å². The van der Waals surface area contributed by atoms with Gasteiger partial charge in [0.1, 0.15) is 0 Å². The number of hydrogen-bond donors (Lipinski definition) is 0. The Morgan fingerprint density at radius 2 is 0.463 bits per heavy atom. The Hall–Kier alpha value is 0.137. The summed E-state index contributed by atoms with van der Waals surface area (Å²) < 4.78 is 12.8. The van der Waals surface area contributed by atoms with E-state index in [1.54, 1.807) is 0 Å².